The molecule has 3 aliphatic rings. The third kappa shape index (κ3) is 4.42. The van der Waals surface area contributed by atoms with Crippen LogP contribution in [-0.2, 0) is 6.18 Å². The molecule has 4 heterocycles. The van der Waals surface area contributed by atoms with Gasteiger partial charge in [-0.1, -0.05) is 11.6 Å². The lowest BCUT2D eigenvalue weighted by Gasteiger charge is -2.51. The zero-order valence-electron chi connectivity index (χ0n) is 18.3. The van der Waals surface area contributed by atoms with Crippen molar-refractivity contribution in [2.24, 2.45) is 5.92 Å². The number of aldehydes is 1. The Morgan fingerprint density at radius 1 is 1.14 bits per heavy atom. The maximum Gasteiger partial charge on any atom is 0.417 e. The van der Waals surface area contributed by atoms with Gasteiger partial charge in [-0.25, -0.2) is 19.3 Å². The third-order valence-electron chi connectivity index (χ3n) is 6.65. The largest absolute Gasteiger partial charge is 0.417 e. The van der Waals surface area contributed by atoms with E-state index in [1.54, 1.807) is 18.5 Å². The van der Waals surface area contributed by atoms with Crippen LogP contribution in [-0.4, -0.2) is 39.9 Å². The van der Waals surface area contributed by atoms with Gasteiger partial charge in [0.25, 0.3) is 0 Å². The first-order valence-electron chi connectivity index (χ1n) is 11.1. The lowest BCUT2D eigenvalue weighted by atomic mass is 9.76. The number of carbonyl (C=O) groups excluding carboxylic acids is 1. The monoisotopic (exact) mass is 505 g/mol. The zero-order chi connectivity index (χ0) is 24.7. The summed E-state index contributed by atoms with van der Waals surface area (Å²) in [6, 6.07) is 4.80. The standard InChI is InChI=1S/C24H20ClF4N5O/c25-17-9-14(24(27,28)29)10-32-23(17)33-19-8-13-2-5-20(19)34(11-13)21-16(12-35)15(3-4-18(21)26)22-30-6-1-7-31-22/h1,3-4,6-7,9-10,12-13,19-20H,2,5,8,11H2,(H,32,33)/t13-,19-,20+/m1/s1. The van der Waals surface area contributed by atoms with E-state index in [2.05, 4.69) is 20.3 Å². The van der Waals surface area contributed by atoms with Crippen LogP contribution in [0.15, 0.2) is 42.9 Å². The van der Waals surface area contributed by atoms with Crippen molar-refractivity contribution in [3.05, 3.63) is 64.8 Å². The van der Waals surface area contributed by atoms with Crippen LogP contribution in [0.4, 0.5) is 29.1 Å². The normalized spacial score (nSPS) is 21.7. The van der Waals surface area contributed by atoms with Crippen molar-refractivity contribution in [1.29, 1.82) is 0 Å². The number of alkyl halides is 3. The fourth-order valence-corrected chi connectivity index (χ4v) is 5.33. The smallest absolute Gasteiger partial charge is 0.364 e. The number of nitrogens with zero attached hydrogens (tertiary/aromatic N) is 4. The first-order valence-corrected chi connectivity index (χ1v) is 11.4. The van der Waals surface area contributed by atoms with Gasteiger partial charge >= 0.3 is 6.18 Å². The second kappa shape index (κ2) is 9.07. The zero-order valence-corrected chi connectivity index (χ0v) is 19.0. The number of aromatic nitrogens is 3. The summed E-state index contributed by atoms with van der Waals surface area (Å²) >= 11 is 6.11. The van der Waals surface area contributed by atoms with Crippen LogP contribution in [0.3, 0.4) is 0 Å². The van der Waals surface area contributed by atoms with Crippen LogP contribution in [0, 0.1) is 11.7 Å². The van der Waals surface area contributed by atoms with E-state index in [0.717, 1.165) is 25.1 Å². The maximum atomic E-state index is 15.2. The number of fused-ring (bicyclic) bond motifs is 3. The molecule has 0 radical (unpaired) electrons. The Labute approximate surface area is 203 Å². The molecule has 6 nitrogen and oxygen atoms in total. The van der Waals surface area contributed by atoms with Crippen molar-refractivity contribution < 1.29 is 22.4 Å². The van der Waals surface area contributed by atoms with Gasteiger partial charge in [-0.2, -0.15) is 13.2 Å². The molecule has 35 heavy (non-hydrogen) atoms. The van der Waals surface area contributed by atoms with Gasteiger partial charge in [0.1, 0.15) is 11.6 Å². The molecule has 0 unspecified atom stereocenters. The van der Waals surface area contributed by atoms with Crippen LogP contribution in [0.1, 0.15) is 35.2 Å². The fraction of sp³-hybridized carbons (Fsp3) is 0.333. The summed E-state index contributed by atoms with van der Waals surface area (Å²) in [5, 5.41) is 3.03. The number of piperidine rings is 2. The van der Waals surface area contributed by atoms with Gasteiger partial charge in [-0.05, 0) is 49.4 Å². The molecule has 1 aliphatic carbocycles. The van der Waals surface area contributed by atoms with Crippen LogP contribution in [0.2, 0.25) is 5.02 Å². The molecule has 0 amide bonds. The van der Waals surface area contributed by atoms with Crippen molar-refractivity contribution >= 4 is 29.4 Å². The van der Waals surface area contributed by atoms with Crippen LogP contribution < -0.4 is 10.2 Å². The number of halogens is 5. The highest BCUT2D eigenvalue weighted by Gasteiger charge is 2.43. The summed E-state index contributed by atoms with van der Waals surface area (Å²) in [5.41, 5.74) is -0.168. The van der Waals surface area contributed by atoms with Crippen LogP contribution in [0.25, 0.3) is 11.4 Å². The molecule has 11 heteroatoms. The molecule has 182 valence electrons. The molecule has 2 aliphatic heterocycles. The molecule has 1 saturated carbocycles. The Kier molecular flexibility index (Phi) is 6.08. The van der Waals surface area contributed by atoms with E-state index >= 15 is 4.39 Å². The highest BCUT2D eigenvalue weighted by molar-refractivity contribution is 6.33. The predicted octanol–water partition coefficient (Wildman–Crippen LogP) is 5.63. The first kappa shape index (κ1) is 23.5. The summed E-state index contributed by atoms with van der Waals surface area (Å²) in [5.74, 6) is 0.109. The molecule has 2 bridgehead atoms. The number of carbonyl (C=O) groups is 1. The van der Waals surface area contributed by atoms with Gasteiger partial charge in [0.2, 0.25) is 0 Å². The second-order valence-corrected chi connectivity index (χ2v) is 9.16. The molecule has 6 rings (SSSR count). The number of nitrogens with one attached hydrogen (secondary N) is 1. The molecule has 3 aromatic rings. The average Bonchev–Trinajstić information content (AvgIpc) is 2.85. The lowest BCUT2D eigenvalue weighted by molar-refractivity contribution is -0.137. The minimum atomic E-state index is -4.55. The van der Waals surface area contributed by atoms with Crippen molar-refractivity contribution in [3.8, 4) is 11.4 Å². The number of anilines is 2. The summed E-state index contributed by atoms with van der Waals surface area (Å²) in [6.45, 7) is 0.549. The quantitative estimate of drug-likeness (QED) is 0.358. The molecule has 0 spiro atoms. The van der Waals surface area contributed by atoms with Gasteiger partial charge in [-0.3, -0.25) is 4.79 Å². The van der Waals surface area contributed by atoms with E-state index in [-0.39, 0.29) is 40.1 Å². The molecule has 3 atom stereocenters. The van der Waals surface area contributed by atoms with Crippen LogP contribution in [0.5, 0.6) is 0 Å². The van der Waals surface area contributed by atoms with E-state index in [4.69, 9.17) is 11.6 Å². The van der Waals surface area contributed by atoms with E-state index in [1.165, 1.54) is 12.1 Å². The van der Waals surface area contributed by atoms with Crippen molar-refractivity contribution in [1.82, 2.24) is 15.0 Å². The Morgan fingerprint density at radius 2 is 1.91 bits per heavy atom. The van der Waals surface area contributed by atoms with Crippen molar-refractivity contribution in [2.45, 2.75) is 37.5 Å². The van der Waals surface area contributed by atoms with E-state index in [9.17, 15) is 18.0 Å². The third-order valence-corrected chi connectivity index (χ3v) is 6.94. The minimum absolute atomic E-state index is 0.139. The Hall–Kier alpha value is -3.27. The summed E-state index contributed by atoms with van der Waals surface area (Å²) < 4.78 is 54.2. The number of hydrogen-bond acceptors (Lipinski definition) is 6. The van der Waals surface area contributed by atoms with Crippen LogP contribution >= 0.6 is 11.6 Å². The van der Waals surface area contributed by atoms with Gasteiger partial charge in [0.05, 0.1) is 21.8 Å². The van der Waals surface area contributed by atoms with Crippen molar-refractivity contribution in [3.63, 3.8) is 0 Å². The second-order valence-electron chi connectivity index (χ2n) is 8.75. The lowest BCUT2D eigenvalue weighted by Crippen LogP contribution is -2.58. The summed E-state index contributed by atoms with van der Waals surface area (Å²) in [4.78, 5) is 26.3. The van der Waals surface area contributed by atoms with Gasteiger partial charge in [0.15, 0.2) is 12.1 Å². The number of rotatable bonds is 5. The van der Waals surface area contributed by atoms with Gasteiger partial charge in [-0.15, -0.1) is 0 Å². The Balaban J connectivity index is 1.49. The molecule has 1 N–H and O–H groups in total. The molecule has 2 saturated heterocycles. The van der Waals surface area contributed by atoms with E-state index in [0.29, 0.717) is 30.6 Å². The fourth-order valence-electron chi connectivity index (χ4n) is 5.11. The maximum absolute atomic E-state index is 15.2. The number of pyridine rings is 1. The molecule has 2 aromatic heterocycles. The molecule has 1 aromatic carbocycles. The molecular weight excluding hydrogens is 486 g/mol. The highest BCUT2D eigenvalue weighted by atomic mass is 35.5. The summed E-state index contributed by atoms with van der Waals surface area (Å²) in [7, 11) is 0. The predicted molar refractivity (Wildman–Crippen MR) is 123 cm³/mol. The van der Waals surface area contributed by atoms with E-state index in [1.807, 2.05) is 4.90 Å². The summed E-state index contributed by atoms with van der Waals surface area (Å²) in [6.07, 6.45) is 2.25. The van der Waals surface area contributed by atoms with Gasteiger partial charge < -0.3 is 10.2 Å². The topological polar surface area (TPSA) is 71.0 Å². The highest BCUT2D eigenvalue weighted by Crippen LogP contribution is 2.43. The Morgan fingerprint density at radius 3 is 2.57 bits per heavy atom. The average molecular weight is 506 g/mol. The molecular formula is C24H20ClF4N5O. The first-order chi connectivity index (χ1) is 16.8. The Bertz CT molecular complexity index is 1260. The SMILES string of the molecule is O=Cc1c(-c2ncccn2)ccc(F)c1N1C[C@@H]2CC[C@H]1[C@H](Nc1ncc(C(F)(F)F)cc1Cl)C2. The minimum Gasteiger partial charge on any atom is -0.364 e. The number of benzene rings is 1. The number of hydrogen-bond donors (Lipinski definition) is 1. The van der Waals surface area contributed by atoms with Crippen molar-refractivity contribution in [2.75, 3.05) is 16.8 Å². The van der Waals surface area contributed by atoms with E-state index < -0.39 is 17.6 Å². The van der Waals surface area contributed by atoms with Gasteiger partial charge in [0, 0.05) is 42.8 Å². The molecule has 3 fully saturated rings.